The van der Waals surface area contributed by atoms with Crippen molar-refractivity contribution in [2.45, 2.75) is 6.61 Å². The van der Waals surface area contributed by atoms with Gasteiger partial charge in [0.15, 0.2) is 7.14 Å². The van der Waals surface area contributed by atoms with Crippen LogP contribution < -0.4 is 21.2 Å². The Hall–Kier alpha value is -1.44. The van der Waals surface area contributed by atoms with Gasteiger partial charge in [-0.15, -0.1) is 0 Å². The van der Waals surface area contributed by atoms with Crippen LogP contribution in [0.25, 0.3) is 0 Å². The van der Waals surface area contributed by atoms with Crippen LogP contribution in [-0.4, -0.2) is 43.7 Å². The third-order valence-corrected chi connectivity index (χ3v) is 6.40. The van der Waals surface area contributed by atoms with Crippen molar-refractivity contribution in [3.05, 3.63) is 67.3 Å². The molecule has 1 saturated heterocycles. The van der Waals surface area contributed by atoms with Crippen molar-refractivity contribution in [2.75, 3.05) is 32.8 Å². The monoisotopic (exact) mass is 438 g/mol. The number of rotatable bonds is 6. The summed E-state index contributed by atoms with van der Waals surface area (Å²) in [5.74, 6) is -0.169. The number of carbonyl (C=O) groups excluding carboxylic acids is 1. The Morgan fingerprint density at radius 2 is 1.67 bits per heavy atom. The van der Waals surface area contributed by atoms with Crippen LogP contribution in [0.4, 0.5) is 0 Å². The van der Waals surface area contributed by atoms with E-state index in [4.69, 9.17) is 9.47 Å². The van der Waals surface area contributed by atoms with E-state index in [1.165, 1.54) is 7.14 Å². The Morgan fingerprint density at radius 1 is 1.00 bits per heavy atom. The molecule has 0 spiro atoms. The molecule has 1 fully saturated rings. The fourth-order valence-corrected chi connectivity index (χ4v) is 4.61. The van der Waals surface area contributed by atoms with Gasteiger partial charge in [0.05, 0.1) is 19.8 Å². The Balaban J connectivity index is 1.44. The fraction of sp³-hybridized carbons (Fsp3) is 0.316. The molecule has 24 heavy (non-hydrogen) atoms. The number of hydrogen-bond donors (Lipinski definition) is 0. The van der Waals surface area contributed by atoms with Crippen LogP contribution in [0.2, 0.25) is 0 Å². The molecule has 126 valence electrons. The van der Waals surface area contributed by atoms with Crippen LogP contribution >= 0.6 is 0 Å². The molecular weight excluding hydrogens is 417 g/mol. The van der Waals surface area contributed by atoms with E-state index in [2.05, 4.69) is 53.4 Å². The summed E-state index contributed by atoms with van der Waals surface area (Å²) < 4.78 is 13.4. The number of carbonyl (C=O) groups is 1. The molecule has 1 heterocycles. The Morgan fingerprint density at radius 3 is 2.38 bits per heavy atom. The summed E-state index contributed by atoms with van der Waals surface area (Å²) in [5, 5.41) is 0. The van der Waals surface area contributed by atoms with E-state index in [1.54, 1.807) is 0 Å². The molecule has 0 bridgehead atoms. The van der Waals surface area contributed by atoms with Gasteiger partial charge in [-0.3, -0.25) is 9.69 Å². The van der Waals surface area contributed by atoms with Gasteiger partial charge < -0.3 is 9.47 Å². The third kappa shape index (κ3) is 5.58. The molecule has 0 aliphatic carbocycles. The van der Waals surface area contributed by atoms with E-state index in [1.807, 2.05) is 6.07 Å². The van der Waals surface area contributed by atoms with Crippen molar-refractivity contribution in [3.63, 3.8) is 0 Å². The van der Waals surface area contributed by atoms with Gasteiger partial charge in [-0.2, -0.15) is 0 Å². The first-order valence-corrected chi connectivity index (χ1v) is 10.2. The van der Waals surface area contributed by atoms with E-state index >= 15 is 0 Å². The highest BCUT2D eigenvalue weighted by Crippen LogP contribution is 2.02. The van der Waals surface area contributed by atoms with Gasteiger partial charge >= 0.3 is 27.2 Å². The lowest BCUT2D eigenvalue weighted by Gasteiger charge is -2.25. The van der Waals surface area contributed by atoms with Gasteiger partial charge in [0, 0.05) is 13.1 Å². The second kappa shape index (κ2) is 9.15. The number of ether oxygens (including phenoxy) is 2. The first-order valence-electron chi connectivity index (χ1n) is 8.04. The standard InChI is InChI=1S/C19H21INO3/c22-19(14-21-10-12-23-13-11-21)24-15-16-6-8-18(9-7-16)20-17-4-2-1-3-5-17/h1-9H,10-15H2/q+1. The highest BCUT2D eigenvalue weighted by atomic mass is 127. The molecule has 2 aromatic carbocycles. The van der Waals surface area contributed by atoms with Crippen LogP contribution in [0, 0.1) is 7.14 Å². The predicted octanol–water partition coefficient (Wildman–Crippen LogP) is -0.810. The maximum absolute atomic E-state index is 11.9. The van der Waals surface area contributed by atoms with E-state index < -0.39 is 0 Å². The number of hydrogen-bond acceptors (Lipinski definition) is 4. The van der Waals surface area contributed by atoms with Crippen molar-refractivity contribution in [2.24, 2.45) is 0 Å². The third-order valence-electron chi connectivity index (χ3n) is 3.72. The molecule has 0 unspecified atom stereocenters. The van der Waals surface area contributed by atoms with Crippen molar-refractivity contribution in [3.8, 4) is 0 Å². The smallest absolute Gasteiger partial charge is 0.357 e. The number of esters is 1. The first kappa shape index (κ1) is 17.4. The number of nitrogens with zero attached hydrogens (tertiary/aromatic N) is 1. The molecule has 1 aliphatic rings. The van der Waals surface area contributed by atoms with Crippen LogP contribution in [0.5, 0.6) is 0 Å². The van der Waals surface area contributed by atoms with Gasteiger partial charge in [0.2, 0.25) is 0 Å². The van der Waals surface area contributed by atoms with Gasteiger partial charge in [0.1, 0.15) is 6.61 Å². The fourth-order valence-electron chi connectivity index (χ4n) is 2.40. The van der Waals surface area contributed by atoms with Crippen LogP contribution in [-0.2, 0) is 20.9 Å². The second-order valence-corrected chi connectivity index (χ2v) is 8.60. The highest BCUT2D eigenvalue weighted by Gasteiger charge is 2.16. The quantitative estimate of drug-likeness (QED) is 0.437. The average Bonchev–Trinajstić information content (AvgIpc) is 2.63. The number of morpholine rings is 1. The molecule has 0 saturated carbocycles. The lowest BCUT2D eigenvalue weighted by molar-refractivity contribution is -0.597. The Labute approximate surface area is 153 Å². The molecule has 4 nitrogen and oxygen atoms in total. The molecular formula is C19H21INO3+. The minimum atomic E-state index is -0.169. The Kier molecular flexibility index (Phi) is 6.63. The van der Waals surface area contributed by atoms with E-state index in [-0.39, 0.29) is 27.2 Å². The molecule has 2 aromatic rings. The predicted molar refractivity (Wildman–Crippen MR) is 87.3 cm³/mol. The molecule has 1 aliphatic heterocycles. The summed E-state index contributed by atoms with van der Waals surface area (Å²) in [6.45, 7) is 3.67. The van der Waals surface area contributed by atoms with E-state index in [9.17, 15) is 4.79 Å². The summed E-state index contributed by atoms with van der Waals surface area (Å²) in [7, 11) is 0. The lowest BCUT2D eigenvalue weighted by Crippen LogP contribution is -3.61. The topological polar surface area (TPSA) is 38.8 Å². The molecule has 3 rings (SSSR count). The van der Waals surface area contributed by atoms with Crippen LogP contribution in [0.3, 0.4) is 0 Å². The van der Waals surface area contributed by atoms with E-state index in [0.717, 1.165) is 18.7 Å². The van der Waals surface area contributed by atoms with Gasteiger partial charge in [0.25, 0.3) is 0 Å². The van der Waals surface area contributed by atoms with Crippen molar-refractivity contribution in [1.82, 2.24) is 4.90 Å². The second-order valence-electron chi connectivity index (χ2n) is 5.57. The molecule has 0 N–H and O–H groups in total. The largest absolute Gasteiger partial charge is 0.460 e. The zero-order valence-corrected chi connectivity index (χ0v) is 15.6. The van der Waals surface area contributed by atoms with Crippen LogP contribution in [0.15, 0.2) is 54.6 Å². The van der Waals surface area contributed by atoms with E-state index in [0.29, 0.717) is 26.4 Å². The van der Waals surface area contributed by atoms with Crippen molar-refractivity contribution >= 4 is 5.97 Å². The van der Waals surface area contributed by atoms with Gasteiger partial charge in [-0.05, 0) is 29.8 Å². The average molecular weight is 438 g/mol. The molecule has 0 amide bonds. The summed E-state index contributed by atoms with van der Waals surface area (Å²) in [4.78, 5) is 14.0. The maximum atomic E-state index is 11.9. The summed E-state index contributed by atoms with van der Waals surface area (Å²) >= 11 is -0.145. The molecule has 0 radical (unpaired) electrons. The summed E-state index contributed by atoms with van der Waals surface area (Å²) in [5.41, 5.74) is 1.03. The summed E-state index contributed by atoms with van der Waals surface area (Å²) in [6.07, 6.45) is 0. The minimum Gasteiger partial charge on any atom is -0.460 e. The molecule has 0 aromatic heterocycles. The molecule has 5 heteroatoms. The summed E-state index contributed by atoms with van der Waals surface area (Å²) in [6, 6.07) is 19.0. The van der Waals surface area contributed by atoms with Gasteiger partial charge in [-0.25, -0.2) is 0 Å². The number of benzene rings is 2. The Bertz CT molecular complexity index is 639. The van der Waals surface area contributed by atoms with Crippen molar-refractivity contribution in [1.29, 1.82) is 0 Å². The molecule has 0 atom stereocenters. The van der Waals surface area contributed by atoms with Crippen molar-refractivity contribution < 1.29 is 35.5 Å². The lowest BCUT2D eigenvalue weighted by atomic mass is 10.2. The zero-order valence-electron chi connectivity index (χ0n) is 13.5. The van der Waals surface area contributed by atoms with Crippen LogP contribution in [0.1, 0.15) is 5.56 Å². The minimum absolute atomic E-state index is 0.145. The maximum Gasteiger partial charge on any atom is 0.357 e. The van der Waals surface area contributed by atoms with Gasteiger partial charge in [-0.1, -0.05) is 30.3 Å². The normalized spacial score (nSPS) is 15.2. The zero-order chi connectivity index (χ0) is 16.6. The number of halogens is 1. The highest BCUT2D eigenvalue weighted by molar-refractivity contribution is 5.71. The SMILES string of the molecule is O=C(CN1CCOCC1)OCc1ccc([I+]c2ccccc2)cc1. The first-order chi connectivity index (χ1) is 11.8.